The molecule has 1 N–H and O–H groups in total. The van der Waals surface area contributed by atoms with Crippen LogP contribution in [-0.4, -0.2) is 29.1 Å². The molecular weight excluding hydrogens is 250 g/mol. The molecule has 0 amide bonds. The maximum atomic E-state index is 10.8. The average molecular weight is 269 g/mol. The third kappa shape index (κ3) is 2.83. The molecule has 104 valence electrons. The van der Waals surface area contributed by atoms with E-state index in [0.29, 0.717) is 12.3 Å². The van der Waals surface area contributed by atoms with Crippen LogP contribution in [0.4, 0.5) is 0 Å². The van der Waals surface area contributed by atoms with E-state index >= 15 is 0 Å². The van der Waals surface area contributed by atoms with Gasteiger partial charge in [-0.05, 0) is 35.2 Å². The summed E-state index contributed by atoms with van der Waals surface area (Å²) in [4.78, 5) is 13.1. The van der Waals surface area contributed by atoms with E-state index in [-0.39, 0.29) is 0 Å². The minimum Gasteiger partial charge on any atom is -0.481 e. The molecule has 0 radical (unpaired) electrons. The molecule has 1 aliphatic rings. The fraction of sp³-hybridized carbons (Fsp3) is 0.353. The van der Waals surface area contributed by atoms with Crippen LogP contribution in [0.25, 0.3) is 10.8 Å². The van der Waals surface area contributed by atoms with Crippen LogP contribution in [0.2, 0.25) is 0 Å². The molecule has 3 nitrogen and oxygen atoms in total. The van der Waals surface area contributed by atoms with Gasteiger partial charge in [0.2, 0.25) is 0 Å². The molecule has 0 aliphatic carbocycles. The molecule has 1 fully saturated rings. The second kappa shape index (κ2) is 5.63. The number of hydrogen-bond donors (Lipinski definition) is 1. The number of hydrogen-bond acceptors (Lipinski definition) is 2. The molecule has 3 rings (SSSR count). The summed E-state index contributed by atoms with van der Waals surface area (Å²) in [5.74, 6) is -0.371. The molecule has 1 saturated heterocycles. The van der Waals surface area contributed by atoms with E-state index in [2.05, 4.69) is 47.4 Å². The van der Waals surface area contributed by atoms with Crippen molar-refractivity contribution in [2.24, 2.45) is 5.92 Å². The second-order valence-electron chi connectivity index (χ2n) is 5.63. The van der Waals surface area contributed by atoms with Gasteiger partial charge in [0.25, 0.3) is 0 Å². The Kier molecular flexibility index (Phi) is 3.70. The first-order valence-corrected chi connectivity index (χ1v) is 7.13. The van der Waals surface area contributed by atoms with Gasteiger partial charge in [0.15, 0.2) is 0 Å². The number of fused-ring (bicyclic) bond motifs is 1. The predicted octanol–water partition coefficient (Wildman–Crippen LogP) is 3.14. The van der Waals surface area contributed by atoms with E-state index in [1.807, 2.05) is 0 Å². The van der Waals surface area contributed by atoms with E-state index in [0.717, 1.165) is 26.1 Å². The minimum absolute atomic E-state index is 0.298. The average Bonchev–Trinajstić information content (AvgIpc) is 2.86. The Hall–Kier alpha value is -1.87. The Morgan fingerprint density at radius 3 is 2.85 bits per heavy atom. The number of likely N-dealkylation sites (tertiary alicyclic amines) is 1. The van der Waals surface area contributed by atoms with Gasteiger partial charge in [-0.25, -0.2) is 0 Å². The van der Waals surface area contributed by atoms with Crippen molar-refractivity contribution in [3.05, 3.63) is 48.0 Å². The van der Waals surface area contributed by atoms with Gasteiger partial charge in [-0.1, -0.05) is 42.5 Å². The fourth-order valence-electron chi connectivity index (χ4n) is 3.14. The summed E-state index contributed by atoms with van der Waals surface area (Å²) in [6.45, 7) is 2.81. The van der Waals surface area contributed by atoms with Gasteiger partial charge in [0, 0.05) is 19.5 Å². The summed E-state index contributed by atoms with van der Waals surface area (Å²) in [5, 5.41) is 11.4. The molecule has 2 aromatic rings. The van der Waals surface area contributed by atoms with Gasteiger partial charge in [-0.15, -0.1) is 0 Å². The van der Waals surface area contributed by atoms with Gasteiger partial charge in [0.1, 0.15) is 0 Å². The quantitative estimate of drug-likeness (QED) is 0.927. The van der Waals surface area contributed by atoms with Gasteiger partial charge < -0.3 is 5.11 Å². The number of carbonyl (C=O) groups is 1. The lowest BCUT2D eigenvalue weighted by atomic mass is 10.0. The maximum Gasteiger partial charge on any atom is 0.303 e. The van der Waals surface area contributed by atoms with Gasteiger partial charge in [0.05, 0.1) is 0 Å². The fourth-order valence-corrected chi connectivity index (χ4v) is 3.14. The second-order valence-corrected chi connectivity index (χ2v) is 5.63. The van der Waals surface area contributed by atoms with Crippen molar-refractivity contribution in [2.45, 2.75) is 19.4 Å². The summed E-state index contributed by atoms with van der Waals surface area (Å²) < 4.78 is 0. The Morgan fingerprint density at radius 1 is 1.20 bits per heavy atom. The van der Waals surface area contributed by atoms with Crippen LogP contribution in [-0.2, 0) is 11.3 Å². The highest BCUT2D eigenvalue weighted by atomic mass is 16.4. The molecule has 0 aromatic heterocycles. The number of aliphatic carboxylic acids is 1. The first-order chi connectivity index (χ1) is 9.72. The zero-order valence-electron chi connectivity index (χ0n) is 11.5. The molecule has 20 heavy (non-hydrogen) atoms. The Bertz CT molecular complexity index is 618. The molecule has 1 heterocycles. The first kappa shape index (κ1) is 13.1. The predicted molar refractivity (Wildman–Crippen MR) is 79.6 cm³/mol. The van der Waals surface area contributed by atoms with Crippen LogP contribution in [0.5, 0.6) is 0 Å². The highest BCUT2D eigenvalue weighted by Crippen LogP contribution is 2.24. The van der Waals surface area contributed by atoms with Gasteiger partial charge in [-0.3, -0.25) is 9.69 Å². The van der Waals surface area contributed by atoms with Crippen molar-refractivity contribution in [1.82, 2.24) is 4.90 Å². The van der Waals surface area contributed by atoms with Crippen LogP contribution in [0.15, 0.2) is 42.5 Å². The smallest absolute Gasteiger partial charge is 0.303 e. The summed E-state index contributed by atoms with van der Waals surface area (Å²) in [7, 11) is 0. The molecular formula is C17H19NO2. The summed E-state index contributed by atoms with van der Waals surface area (Å²) in [5.41, 5.74) is 1.33. The molecule has 1 unspecified atom stereocenters. The molecule has 0 bridgehead atoms. The van der Waals surface area contributed by atoms with E-state index in [1.165, 1.54) is 16.3 Å². The van der Waals surface area contributed by atoms with Crippen molar-refractivity contribution >= 4 is 16.7 Å². The lowest BCUT2D eigenvalue weighted by Crippen LogP contribution is -2.21. The highest BCUT2D eigenvalue weighted by molar-refractivity contribution is 5.85. The standard InChI is InChI=1S/C17H19NO2/c19-17(20)10-13-8-9-18(11-13)12-15-6-3-5-14-4-1-2-7-16(14)15/h1-7,13H,8-12H2,(H,19,20). The molecule has 3 heteroatoms. The summed E-state index contributed by atoms with van der Waals surface area (Å²) in [6.07, 6.45) is 1.29. The molecule has 0 spiro atoms. The van der Waals surface area contributed by atoms with Crippen LogP contribution >= 0.6 is 0 Å². The number of nitrogens with zero attached hydrogens (tertiary/aromatic N) is 1. The number of carboxylic acids is 1. The number of carboxylic acid groups (broad SMARTS) is 1. The number of benzene rings is 2. The van der Waals surface area contributed by atoms with Crippen molar-refractivity contribution < 1.29 is 9.90 Å². The zero-order valence-corrected chi connectivity index (χ0v) is 11.5. The third-order valence-corrected chi connectivity index (χ3v) is 4.11. The van der Waals surface area contributed by atoms with Crippen molar-refractivity contribution in [2.75, 3.05) is 13.1 Å². The Balaban J connectivity index is 1.73. The molecule has 1 atom stereocenters. The van der Waals surface area contributed by atoms with E-state index in [9.17, 15) is 4.79 Å². The first-order valence-electron chi connectivity index (χ1n) is 7.13. The van der Waals surface area contributed by atoms with Gasteiger partial charge >= 0.3 is 5.97 Å². The monoisotopic (exact) mass is 269 g/mol. The largest absolute Gasteiger partial charge is 0.481 e. The molecule has 1 aliphatic heterocycles. The van der Waals surface area contributed by atoms with E-state index < -0.39 is 5.97 Å². The minimum atomic E-state index is -0.679. The zero-order chi connectivity index (χ0) is 13.9. The molecule has 2 aromatic carbocycles. The Labute approximate surface area is 118 Å². The molecule has 0 saturated carbocycles. The van der Waals surface area contributed by atoms with Crippen LogP contribution in [0.1, 0.15) is 18.4 Å². The lowest BCUT2D eigenvalue weighted by molar-refractivity contribution is -0.138. The highest BCUT2D eigenvalue weighted by Gasteiger charge is 2.24. The van der Waals surface area contributed by atoms with E-state index in [4.69, 9.17) is 5.11 Å². The lowest BCUT2D eigenvalue weighted by Gasteiger charge is -2.17. The topological polar surface area (TPSA) is 40.5 Å². The van der Waals surface area contributed by atoms with Gasteiger partial charge in [-0.2, -0.15) is 0 Å². The normalized spacial score (nSPS) is 19.5. The van der Waals surface area contributed by atoms with Crippen LogP contribution in [0, 0.1) is 5.92 Å². The van der Waals surface area contributed by atoms with Crippen molar-refractivity contribution in [3.8, 4) is 0 Å². The maximum absolute atomic E-state index is 10.8. The summed E-state index contributed by atoms with van der Waals surface area (Å²) in [6, 6.07) is 14.8. The van der Waals surface area contributed by atoms with Crippen LogP contribution < -0.4 is 0 Å². The third-order valence-electron chi connectivity index (χ3n) is 4.11. The van der Waals surface area contributed by atoms with Crippen molar-refractivity contribution in [3.63, 3.8) is 0 Å². The van der Waals surface area contributed by atoms with Crippen molar-refractivity contribution in [1.29, 1.82) is 0 Å². The van der Waals surface area contributed by atoms with Crippen LogP contribution in [0.3, 0.4) is 0 Å². The van der Waals surface area contributed by atoms with E-state index in [1.54, 1.807) is 0 Å². The SMILES string of the molecule is O=C(O)CC1CCN(Cc2cccc3ccccc23)C1. The Morgan fingerprint density at radius 2 is 2.00 bits per heavy atom. The summed E-state index contributed by atoms with van der Waals surface area (Å²) >= 11 is 0. The number of rotatable bonds is 4.